The molecule has 6 nitrogen and oxygen atoms in total. The number of benzene rings is 1. The fraction of sp³-hybridized carbons (Fsp3) is 0.583. The average molecular weight is 446 g/mol. The second-order valence-electron chi connectivity index (χ2n) is 8.16. The van der Waals surface area contributed by atoms with Crippen molar-refractivity contribution in [3.63, 3.8) is 0 Å². The molecular weight excluding hydrogens is 410 g/mol. The number of anilines is 2. The summed E-state index contributed by atoms with van der Waals surface area (Å²) >= 11 is 1.42. The van der Waals surface area contributed by atoms with Crippen molar-refractivity contribution in [1.29, 1.82) is 0 Å². The van der Waals surface area contributed by atoms with Crippen LogP contribution in [0, 0.1) is 0 Å². The maximum absolute atomic E-state index is 12.8. The Labute approximate surface area is 189 Å². The van der Waals surface area contributed by atoms with Crippen molar-refractivity contribution in [3.8, 4) is 11.5 Å². The molecule has 0 saturated heterocycles. The van der Waals surface area contributed by atoms with Gasteiger partial charge in [-0.05, 0) is 25.0 Å². The summed E-state index contributed by atoms with van der Waals surface area (Å²) in [5.74, 6) is 1.24. The van der Waals surface area contributed by atoms with Gasteiger partial charge in [0.25, 0.3) is 5.91 Å². The molecule has 1 fully saturated rings. The molecule has 1 aromatic carbocycles. The summed E-state index contributed by atoms with van der Waals surface area (Å²) in [4.78, 5) is 17.3. The Morgan fingerprint density at radius 2 is 1.55 bits per heavy atom. The zero-order valence-corrected chi connectivity index (χ0v) is 19.6. The van der Waals surface area contributed by atoms with E-state index in [2.05, 4.69) is 15.6 Å². The smallest absolute Gasteiger partial charge is 0.271 e. The summed E-state index contributed by atoms with van der Waals surface area (Å²) in [5, 5.41) is 8.98. The van der Waals surface area contributed by atoms with Crippen LogP contribution in [0.3, 0.4) is 0 Å². The van der Waals surface area contributed by atoms with Crippen molar-refractivity contribution in [3.05, 3.63) is 29.3 Å². The second-order valence-corrected chi connectivity index (χ2v) is 9.02. The van der Waals surface area contributed by atoms with Crippen LogP contribution in [0.5, 0.6) is 11.5 Å². The van der Waals surface area contributed by atoms with Gasteiger partial charge in [0.05, 0.1) is 14.2 Å². The summed E-state index contributed by atoms with van der Waals surface area (Å²) < 4.78 is 10.6. The zero-order valence-electron chi connectivity index (χ0n) is 18.7. The average Bonchev–Trinajstić information content (AvgIpc) is 3.24. The van der Waals surface area contributed by atoms with E-state index in [0.29, 0.717) is 22.3 Å². The minimum Gasteiger partial charge on any atom is -0.493 e. The summed E-state index contributed by atoms with van der Waals surface area (Å²) in [6, 6.07) is 5.83. The van der Waals surface area contributed by atoms with E-state index in [9.17, 15) is 4.79 Å². The van der Waals surface area contributed by atoms with E-state index in [0.717, 1.165) is 18.5 Å². The molecule has 0 atom stereocenters. The number of hydrogen-bond acceptors (Lipinski definition) is 6. The molecule has 1 saturated carbocycles. The molecule has 1 amide bonds. The molecule has 0 radical (unpaired) electrons. The van der Waals surface area contributed by atoms with Crippen molar-refractivity contribution in [2.45, 2.75) is 76.7 Å². The summed E-state index contributed by atoms with van der Waals surface area (Å²) in [6.45, 7) is 0. The number of thiazole rings is 1. The number of aromatic nitrogens is 1. The summed E-state index contributed by atoms with van der Waals surface area (Å²) in [7, 11) is 3.22. The van der Waals surface area contributed by atoms with Crippen LogP contribution < -0.4 is 20.1 Å². The van der Waals surface area contributed by atoms with Gasteiger partial charge in [0.15, 0.2) is 16.6 Å². The normalized spacial score (nSPS) is 16.6. The van der Waals surface area contributed by atoms with Crippen LogP contribution in [-0.4, -0.2) is 31.2 Å². The fourth-order valence-corrected chi connectivity index (χ4v) is 4.75. The topological polar surface area (TPSA) is 72.5 Å². The van der Waals surface area contributed by atoms with Crippen molar-refractivity contribution < 1.29 is 14.3 Å². The monoisotopic (exact) mass is 445 g/mol. The Kier molecular flexibility index (Phi) is 9.46. The minimum atomic E-state index is -0.0753. The molecule has 1 aromatic heterocycles. The van der Waals surface area contributed by atoms with Crippen molar-refractivity contribution in [2.24, 2.45) is 0 Å². The second kappa shape index (κ2) is 12.5. The lowest BCUT2D eigenvalue weighted by molar-refractivity contribution is 0.0927. The van der Waals surface area contributed by atoms with Crippen LogP contribution in [0.15, 0.2) is 23.6 Å². The molecule has 0 unspecified atom stereocenters. The Hall–Kier alpha value is -2.28. The van der Waals surface area contributed by atoms with E-state index in [1.807, 2.05) is 23.6 Å². The van der Waals surface area contributed by atoms with Gasteiger partial charge >= 0.3 is 0 Å². The molecule has 7 heteroatoms. The lowest BCUT2D eigenvalue weighted by atomic mass is 9.98. The molecule has 0 spiro atoms. The van der Waals surface area contributed by atoms with Gasteiger partial charge in [0.2, 0.25) is 0 Å². The van der Waals surface area contributed by atoms with Gasteiger partial charge in [-0.1, -0.05) is 57.8 Å². The predicted molar refractivity (Wildman–Crippen MR) is 127 cm³/mol. The van der Waals surface area contributed by atoms with Crippen LogP contribution in [0.25, 0.3) is 0 Å². The zero-order chi connectivity index (χ0) is 21.9. The van der Waals surface area contributed by atoms with Crippen LogP contribution in [0.1, 0.15) is 81.1 Å². The van der Waals surface area contributed by atoms with E-state index in [-0.39, 0.29) is 11.9 Å². The van der Waals surface area contributed by atoms with Gasteiger partial charge < -0.3 is 20.1 Å². The maximum atomic E-state index is 12.8. The van der Waals surface area contributed by atoms with E-state index < -0.39 is 0 Å². The quantitative estimate of drug-likeness (QED) is 0.545. The van der Waals surface area contributed by atoms with E-state index in [1.54, 1.807) is 14.2 Å². The van der Waals surface area contributed by atoms with Gasteiger partial charge in [0.1, 0.15) is 5.69 Å². The Balaban J connectivity index is 1.57. The van der Waals surface area contributed by atoms with Gasteiger partial charge in [-0.15, -0.1) is 11.3 Å². The van der Waals surface area contributed by atoms with Gasteiger partial charge in [0, 0.05) is 23.2 Å². The summed E-state index contributed by atoms with van der Waals surface area (Å²) in [6.07, 6.45) is 13.8. The third-order valence-corrected chi connectivity index (χ3v) is 6.57. The largest absolute Gasteiger partial charge is 0.493 e. The molecule has 1 heterocycles. The molecule has 2 aromatic rings. The molecule has 1 aliphatic rings. The molecule has 1 aliphatic carbocycles. The van der Waals surface area contributed by atoms with Crippen LogP contribution in [0.2, 0.25) is 0 Å². The van der Waals surface area contributed by atoms with Crippen molar-refractivity contribution in [1.82, 2.24) is 10.3 Å². The summed E-state index contributed by atoms with van der Waals surface area (Å²) in [5.41, 5.74) is 1.30. The highest BCUT2D eigenvalue weighted by atomic mass is 32.1. The third kappa shape index (κ3) is 7.42. The predicted octanol–water partition coefficient (Wildman–Crippen LogP) is 6.31. The first-order valence-electron chi connectivity index (χ1n) is 11.4. The first-order chi connectivity index (χ1) is 15.2. The highest BCUT2D eigenvalue weighted by Gasteiger charge is 2.17. The van der Waals surface area contributed by atoms with Crippen LogP contribution >= 0.6 is 11.3 Å². The molecule has 31 heavy (non-hydrogen) atoms. The Morgan fingerprint density at radius 1 is 0.935 bits per heavy atom. The van der Waals surface area contributed by atoms with E-state index >= 15 is 0 Å². The SMILES string of the molecule is COc1ccc(Nc2nc(C(=O)NC3CCCCCCCCCCC3)cs2)cc1OC. The number of carbonyl (C=O) groups is 1. The molecule has 0 aliphatic heterocycles. The first kappa shape index (κ1) is 23.4. The van der Waals surface area contributed by atoms with Crippen molar-refractivity contribution >= 4 is 28.1 Å². The minimum absolute atomic E-state index is 0.0753. The van der Waals surface area contributed by atoms with E-state index in [4.69, 9.17) is 9.47 Å². The third-order valence-electron chi connectivity index (χ3n) is 5.81. The number of nitrogens with one attached hydrogen (secondary N) is 2. The number of hydrogen-bond donors (Lipinski definition) is 2. The lowest BCUT2D eigenvalue weighted by Gasteiger charge is -2.19. The number of ether oxygens (including phenoxy) is 2. The molecular formula is C24H35N3O3S. The standard InChI is InChI=1S/C24H35N3O3S/c1-29-21-15-14-19(16-22(21)30-2)26-24-27-20(17-31-24)23(28)25-18-12-10-8-6-4-3-5-7-9-11-13-18/h14-18H,3-13H2,1-2H3,(H,25,28)(H,26,27). The lowest BCUT2D eigenvalue weighted by Crippen LogP contribution is -2.35. The Bertz CT molecular complexity index is 812. The van der Waals surface area contributed by atoms with Gasteiger partial charge in [-0.2, -0.15) is 0 Å². The van der Waals surface area contributed by atoms with Crippen molar-refractivity contribution in [2.75, 3.05) is 19.5 Å². The first-order valence-corrected chi connectivity index (χ1v) is 12.3. The fourth-order valence-electron chi connectivity index (χ4n) is 4.04. The van der Waals surface area contributed by atoms with Crippen LogP contribution in [0.4, 0.5) is 10.8 Å². The number of methoxy groups -OCH3 is 2. The van der Waals surface area contributed by atoms with Crippen LogP contribution in [-0.2, 0) is 0 Å². The van der Waals surface area contributed by atoms with E-state index in [1.165, 1.54) is 69.1 Å². The number of carbonyl (C=O) groups excluding carboxylic acids is 1. The van der Waals surface area contributed by atoms with Gasteiger partial charge in [-0.25, -0.2) is 4.98 Å². The molecule has 170 valence electrons. The number of amides is 1. The number of rotatable bonds is 6. The molecule has 2 N–H and O–H groups in total. The molecule has 3 rings (SSSR count). The number of nitrogens with zero attached hydrogens (tertiary/aromatic N) is 1. The highest BCUT2D eigenvalue weighted by Crippen LogP contribution is 2.31. The molecule has 0 bridgehead atoms. The Morgan fingerprint density at radius 3 is 2.16 bits per heavy atom. The maximum Gasteiger partial charge on any atom is 0.271 e. The highest BCUT2D eigenvalue weighted by molar-refractivity contribution is 7.14. The van der Waals surface area contributed by atoms with Gasteiger partial charge in [-0.3, -0.25) is 4.79 Å².